The highest BCUT2D eigenvalue weighted by atomic mass is 16.5. The summed E-state index contributed by atoms with van der Waals surface area (Å²) in [5.74, 6) is 0.944. The van der Waals surface area contributed by atoms with Crippen molar-refractivity contribution in [3.63, 3.8) is 0 Å². The number of rotatable bonds is 6. The Kier molecular flexibility index (Phi) is 5.49. The molecule has 0 unspecified atom stereocenters. The van der Waals surface area contributed by atoms with Crippen molar-refractivity contribution in [1.29, 1.82) is 0 Å². The molecule has 0 aliphatic carbocycles. The highest BCUT2D eigenvalue weighted by Gasteiger charge is 2.26. The first-order chi connectivity index (χ1) is 13.1. The number of anilines is 2. The molecule has 0 bridgehead atoms. The van der Waals surface area contributed by atoms with Crippen molar-refractivity contribution in [2.75, 3.05) is 38.1 Å². The number of hydrogen-bond donors (Lipinski definition) is 1. The first-order valence-corrected chi connectivity index (χ1v) is 8.55. The number of aryl methyl sites for hydroxylation is 1. The van der Waals surface area contributed by atoms with Crippen molar-refractivity contribution in [3.05, 3.63) is 42.0 Å². The Labute approximate surface area is 157 Å². The smallest absolute Gasteiger partial charge is 0.244 e. The van der Waals surface area contributed by atoms with E-state index in [-0.39, 0.29) is 18.4 Å². The quantitative estimate of drug-likeness (QED) is 0.846. The molecule has 1 heterocycles. The van der Waals surface area contributed by atoms with Gasteiger partial charge >= 0.3 is 0 Å². The predicted molar refractivity (Wildman–Crippen MR) is 102 cm³/mol. The fourth-order valence-corrected chi connectivity index (χ4v) is 3.17. The minimum Gasteiger partial charge on any atom is -0.493 e. The standard InChI is InChI=1S/C20H22N2O5/c1-25-16-10-14(11-17(26-2)20(16)27-3)21-18(23)12-22-15-7-5-4-6-13(15)8-9-19(22)24/h4-7,10-11H,8-9,12H2,1-3H3,(H,21,23). The van der Waals surface area contributed by atoms with Crippen molar-refractivity contribution < 1.29 is 23.8 Å². The van der Waals surface area contributed by atoms with E-state index in [1.54, 1.807) is 12.1 Å². The molecule has 0 fully saturated rings. The Bertz CT molecular complexity index is 840. The molecular formula is C20H22N2O5. The summed E-state index contributed by atoms with van der Waals surface area (Å²) in [5.41, 5.74) is 2.35. The van der Waals surface area contributed by atoms with E-state index in [1.807, 2.05) is 24.3 Å². The first-order valence-electron chi connectivity index (χ1n) is 8.55. The van der Waals surface area contributed by atoms with Crippen molar-refractivity contribution in [1.82, 2.24) is 0 Å². The Morgan fingerprint density at radius 3 is 2.33 bits per heavy atom. The van der Waals surface area contributed by atoms with Crippen LogP contribution in [0.4, 0.5) is 11.4 Å². The van der Waals surface area contributed by atoms with Gasteiger partial charge in [0.05, 0.1) is 21.3 Å². The Morgan fingerprint density at radius 2 is 1.70 bits per heavy atom. The van der Waals surface area contributed by atoms with E-state index in [0.717, 1.165) is 11.3 Å². The lowest BCUT2D eigenvalue weighted by molar-refractivity contribution is -0.121. The molecule has 2 aromatic rings. The second-order valence-corrected chi connectivity index (χ2v) is 6.07. The number of carbonyl (C=O) groups excluding carboxylic acids is 2. The maximum Gasteiger partial charge on any atom is 0.244 e. The van der Waals surface area contributed by atoms with Crippen LogP contribution in [0, 0.1) is 0 Å². The first kappa shape index (κ1) is 18.6. The number of amides is 2. The molecule has 1 aliphatic heterocycles. The van der Waals surface area contributed by atoms with Crippen molar-refractivity contribution in [2.24, 2.45) is 0 Å². The van der Waals surface area contributed by atoms with Gasteiger partial charge in [-0.15, -0.1) is 0 Å². The fraction of sp³-hybridized carbons (Fsp3) is 0.300. The zero-order chi connectivity index (χ0) is 19.4. The molecule has 0 saturated heterocycles. The zero-order valence-electron chi connectivity index (χ0n) is 15.6. The van der Waals surface area contributed by atoms with Crippen molar-refractivity contribution >= 4 is 23.2 Å². The largest absolute Gasteiger partial charge is 0.493 e. The number of methoxy groups -OCH3 is 3. The molecule has 2 amide bonds. The van der Waals surface area contributed by atoms with Crippen LogP contribution in [0.3, 0.4) is 0 Å². The van der Waals surface area contributed by atoms with Gasteiger partial charge in [-0.3, -0.25) is 9.59 Å². The van der Waals surface area contributed by atoms with Crippen LogP contribution in [0.5, 0.6) is 17.2 Å². The van der Waals surface area contributed by atoms with Gasteiger partial charge in [-0.05, 0) is 18.1 Å². The normalized spacial score (nSPS) is 13.0. The fourth-order valence-electron chi connectivity index (χ4n) is 3.17. The third kappa shape index (κ3) is 3.81. The van der Waals surface area contributed by atoms with E-state index in [0.29, 0.717) is 35.8 Å². The maximum absolute atomic E-state index is 12.6. The van der Waals surface area contributed by atoms with Gasteiger partial charge in [0.2, 0.25) is 17.6 Å². The zero-order valence-corrected chi connectivity index (χ0v) is 15.6. The van der Waals surface area contributed by atoms with Crippen LogP contribution in [0.15, 0.2) is 36.4 Å². The third-order valence-corrected chi connectivity index (χ3v) is 4.44. The third-order valence-electron chi connectivity index (χ3n) is 4.44. The molecule has 142 valence electrons. The van der Waals surface area contributed by atoms with Gasteiger partial charge in [0, 0.05) is 29.9 Å². The van der Waals surface area contributed by atoms with Gasteiger partial charge in [0.25, 0.3) is 0 Å². The van der Waals surface area contributed by atoms with E-state index in [9.17, 15) is 9.59 Å². The van der Waals surface area contributed by atoms with E-state index < -0.39 is 0 Å². The summed E-state index contributed by atoms with van der Waals surface area (Å²) in [5, 5.41) is 2.79. The number of nitrogens with one attached hydrogen (secondary N) is 1. The van der Waals surface area contributed by atoms with Gasteiger partial charge in [-0.25, -0.2) is 0 Å². The van der Waals surface area contributed by atoms with E-state index >= 15 is 0 Å². The number of carbonyl (C=O) groups is 2. The molecule has 0 spiro atoms. The minimum absolute atomic E-state index is 0.0613. The van der Waals surface area contributed by atoms with Crippen LogP contribution in [-0.4, -0.2) is 39.7 Å². The van der Waals surface area contributed by atoms with Gasteiger partial charge in [-0.1, -0.05) is 18.2 Å². The van der Waals surface area contributed by atoms with Crippen LogP contribution in [0.25, 0.3) is 0 Å². The van der Waals surface area contributed by atoms with Gasteiger partial charge in [0.1, 0.15) is 6.54 Å². The Morgan fingerprint density at radius 1 is 1.04 bits per heavy atom. The number of nitrogens with zero attached hydrogens (tertiary/aromatic N) is 1. The lowest BCUT2D eigenvalue weighted by atomic mass is 10.0. The second kappa shape index (κ2) is 7.99. The maximum atomic E-state index is 12.6. The molecule has 3 rings (SSSR count). The summed E-state index contributed by atoms with van der Waals surface area (Å²) in [7, 11) is 4.52. The molecule has 7 nitrogen and oxygen atoms in total. The summed E-state index contributed by atoms with van der Waals surface area (Å²) >= 11 is 0. The van der Waals surface area contributed by atoms with Crippen LogP contribution in [0.1, 0.15) is 12.0 Å². The number of hydrogen-bond acceptors (Lipinski definition) is 5. The average Bonchev–Trinajstić information content (AvgIpc) is 2.69. The number of fused-ring (bicyclic) bond motifs is 1. The predicted octanol–water partition coefficient (Wildman–Crippen LogP) is 2.63. The van der Waals surface area contributed by atoms with Crippen molar-refractivity contribution in [2.45, 2.75) is 12.8 Å². The summed E-state index contributed by atoms with van der Waals surface area (Å²) in [6.07, 6.45) is 1.09. The Hall–Kier alpha value is -3.22. The topological polar surface area (TPSA) is 77.1 Å². The highest BCUT2D eigenvalue weighted by Crippen LogP contribution is 2.40. The Balaban J connectivity index is 1.79. The lowest BCUT2D eigenvalue weighted by Crippen LogP contribution is -2.40. The van der Waals surface area contributed by atoms with Gasteiger partial charge in [0.15, 0.2) is 11.5 Å². The molecule has 7 heteroatoms. The minimum atomic E-state index is -0.311. The molecule has 2 aromatic carbocycles. The summed E-state index contributed by atoms with van der Waals surface area (Å²) in [4.78, 5) is 26.4. The lowest BCUT2D eigenvalue weighted by Gasteiger charge is -2.28. The molecule has 27 heavy (non-hydrogen) atoms. The molecule has 1 N–H and O–H groups in total. The number of benzene rings is 2. The monoisotopic (exact) mass is 370 g/mol. The molecule has 0 saturated carbocycles. The molecular weight excluding hydrogens is 348 g/mol. The van der Waals surface area contributed by atoms with Crippen LogP contribution in [-0.2, 0) is 16.0 Å². The molecule has 0 radical (unpaired) electrons. The van der Waals surface area contributed by atoms with Gasteiger partial charge < -0.3 is 24.4 Å². The van der Waals surface area contributed by atoms with Crippen LogP contribution < -0.4 is 24.4 Å². The van der Waals surface area contributed by atoms with E-state index in [1.165, 1.54) is 26.2 Å². The molecule has 1 aliphatic rings. The van der Waals surface area contributed by atoms with Crippen molar-refractivity contribution in [3.8, 4) is 17.2 Å². The van der Waals surface area contributed by atoms with E-state index in [2.05, 4.69) is 5.32 Å². The van der Waals surface area contributed by atoms with Crippen LogP contribution in [0.2, 0.25) is 0 Å². The number of para-hydroxylation sites is 1. The summed E-state index contributed by atoms with van der Waals surface area (Å²) in [6.45, 7) is -0.0630. The summed E-state index contributed by atoms with van der Waals surface area (Å²) < 4.78 is 15.9. The number of ether oxygens (including phenoxy) is 3. The van der Waals surface area contributed by atoms with Crippen LogP contribution >= 0.6 is 0 Å². The molecule has 0 atom stereocenters. The van der Waals surface area contributed by atoms with E-state index in [4.69, 9.17) is 14.2 Å². The second-order valence-electron chi connectivity index (χ2n) is 6.07. The average molecular weight is 370 g/mol. The molecule has 0 aromatic heterocycles. The summed E-state index contributed by atoms with van der Waals surface area (Å²) in [6, 6.07) is 10.9. The highest BCUT2D eigenvalue weighted by molar-refractivity contribution is 6.04. The SMILES string of the molecule is COc1cc(NC(=O)CN2C(=O)CCc3ccccc32)cc(OC)c1OC. The van der Waals surface area contributed by atoms with Gasteiger partial charge in [-0.2, -0.15) is 0 Å².